The number of fused-ring (bicyclic) bond motifs is 5. The second-order valence-corrected chi connectivity index (χ2v) is 17.2. The molecule has 1 aromatic heterocycles. The summed E-state index contributed by atoms with van der Waals surface area (Å²) in [5.74, 6) is -9.55. The summed E-state index contributed by atoms with van der Waals surface area (Å²) >= 11 is 0. The lowest BCUT2D eigenvalue weighted by Crippen LogP contribution is -2.61. The highest BCUT2D eigenvalue weighted by molar-refractivity contribution is 7.85. The molecular formula is C39H54N10O11S. The number of aromatic hydroxyl groups is 1. The van der Waals surface area contributed by atoms with E-state index in [2.05, 4.69) is 42.2 Å². The van der Waals surface area contributed by atoms with Crippen LogP contribution in [0, 0.1) is 11.8 Å². The molecule has 1 fully saturated rings. The number of nitrogens with zero attached hydrogens (tertiary/aromatic N) is 1. The molecule has 2 aromatic rings. The van der Waals surface area contributed by atoms with E-state index in [-0.39, 0.29) is 41.2 Å². The average molecular weight is 871 g/mol. The van der Waals surface area contributed by atoms with E-state index in [1.807, 2.05) is 0 Å². The Morgan fingerprint density at radius 1 is 0.820 bits per heavy atom. The van der Waals surface area contributed by atoms with Gasteiger partial charge in [-0.25, -0.2) is 0 Å². The van der Waals surface area contributed by atoms with Gasteiger partial charge in [-0.05, 0) is 42.4 Å². The van der Waals surface area contributed by atoms with E-state index in [0.29, 0.717) is 24.6 Å². The molecule has 0 saturated carbocycles. The van der Waals surface area contributed by atoms with Gasteiger partial charge in [-0.2, -0.15) is 0 Å². The Morgan fingerprint density at radius 3 is 2.11 bits per heavy atom. The third-order valence-corrected chi connectivity index (χ3v) is 12.8. The first-order valence-corrected chi connectivity index (χ1v) is 21.6. The van der Waals surface area contributed by atoms with Gasteiger partial charge >= 0.3 is 0 Å². The Balaban J connectivity index is 1.71. The SMILES string of the molecule is CCC(C)[C@@H]1NC(=O)CNC(=O)[C@@H]2Cc3c([nH]c4cc(O)ccc34)S(=O)C[C@H](NC(=O)CNC1=O)C(=O)N[C@@H](CC(N)=O)C(=O)N1CCC[C@H]1C(=O)N[C@@H]([C@@H](C)CC)C(=O)N2. The molecule has 332 valence electrons. The molecule has 1 aromatic carbocycles. The van der Waals surface area contributed by atoms with Gasteiger partial charge in [0.05, 0.1) is 41.6 Å². The Morgan fingerprint density at radius 2 is 1.46 bits per heavy atom. The van der Waals surface area contributed by atoms with Crippen molar-refractivity contribution in [2.75, 3.05) is 25.4 Å². The van der Waals surface area contributed by atoms with E-state index in [0.717, 1.165) is 0 Å². The Kier molecular flexibility index (Phi) is 15.1. The van der Waals surface area contributed by atoms with Crippen molar-refractivity contribution in [3.8, 4) is 5.75 Å². The van der Waals surface area contributed by atoms with Gasteiger partial charge in [0.25, 0.3) is 0 Å². The molecule has 21 nitrogen and oxygen atoms in total. The highest BCUT2D eigenvalue weighted by Crippen LogP contribution is 2.30. The molecule has 4 heterocycles. The lowest BCUT2D eigenvalue weighted by Gasteiger charge is -2.32. The number of aromatic amines is 1. The van der Waals surface area contributed by atoms with Gasteiger partial charge in [-0.3, -0.25) is 47.4 Å². The predicted molar refractivity (Wildman–Crippen MR) is 218 cm³/mol. The zero-order valence-corrected chi connectivity index (χ0v) is 35.2. The number of carbonyl (C=O) groups is 9. The molecule has 3 aliphatic rings. The summed E-state index contributed by atoms with van der Waals surface area (Å²) in [4.78, 5) is 127. The fraction of sp³-hybridized carbons (Fsp3) is 0.564. The van der Waals surface area contributed by atoms with Crippen LogP contribution in [0.3, 0.4) is 0 Å². The zero-order valence-electron chi connectivity index (χ0n) is 34.4. The Labute approximate surface area is 353 Å². The van der Waals surface area contributed by atoms with Gasteiger partial charge in [0.1, 0.15) is 47.0 Å². The van der Waals surface area contributed by atoms with Crippen LogP contribution in [0.25, 0.3) is 10.9 Å². The number of hydrogen-bond acceptors (Lipinski definition) is 11. The highest BCUT2D eigenvalue weighted by Gasteiger charge is 2.42. The van der Waals surface area contributed by atoms with Crippen molar-refractivity contribution in [3.63, 3.8) is 0 Å². The summed E-state index contributed by atoms with van der Waals surface area (Å²) in [6, 6.07) is -4.28. The van der Waals surface area contributed by atoms with Crippen molar-refractivity contribution < 1.29 is 52.5 Å². The van der Waals surface area contributed by atoms with Crippen molar-refractivity contribution in [2.45, 2.75) is 107 Å². The monoisotopic (exact) mass is 870 g/mol. The summed E-state index contributed by atoms with van der Waals surface area (Å²) < 4.78 is 14.5. The number of benzene rings is 1. The number of primary amides is 1. The lowest BCUT2D eigenvalue weighted by atomic mass is 9.96. The van der Waals surface area contributed by atoms with Crippen LogP contribution in [0.2, 0.25) is 0 Å². The molecule has 2 bridgehead atoms. The van der Waals surface area contributed by atoms with Gasteiger partial charge in [0, 0.05) is 24.4 Å². The molecule has 0 aliphatic carbocycles. The number of aromatic nitrogens is 1. The van der Waals surface area contributed by atoms with E-state index < -0.39 is 137 Å². The van der Waals surface area contributed by atoms with Crippen LogP contribution in [0.4, 0.5) is 0 Å². The third-order valence-electron chi connectivity index (χ3n) is 11.4. The fourth-order valence-electron chi connectivity index (χ4n) is 7.58. The standard InChI is InChI=1S/C39H54N10O11S/c1-5-18(3)31-36(57)42-15-29(52)43-26-17-61(60)38-22(21-10-9-20(50)12-23(21)46-38)13-24(33(54)41-16-30(53)47-31)44-37(58)32(19(4)6-2)48-35(56)27-8-7-11-49(27)39(59)25(14-28(40)51)45-34(26)55/h9-10,12,18-19,24-27,31-32,46,50H,5-8,11,13-17H2,1-4H3,(H2,40,51)(H,41,54)(H,42,57)(H,43,52)(H,44,58)(H,45,55)(H,47,53)(H,48,56)/t18?,19-,24-,25-,26-,27-,31-,32-,61?/m0/s1. The summed E-state index contributed by atoms with van der Waals surface area (Å²) in [5, 5.41) is 28.5. The van der Waals surface area contributed by atoms with E-state index in [1.165, 1.54) is 23.1 Å². The molecule has 9 amide bonds. The maximum absolute atomic E-state index is 14.5. The van der Waals surface area contributed by atoms with E-state index in [4.69, 9.17) is 5.73 Å². The topological polar surface area (TPSA) is 320 Å². The number of rotatable bonds is 6. The number of nitrogens with one attached hydrogen (secondary N) is 8. The van der Waals surface area contributed by atoms with Crippen LogP contribution in [0.1, 0.15) is 65.4 Å². The number of carbonyl (C=O) groups excluding carboxylic acids is 9. The maximum Gasteiger partial charge on any atom is 0.246 e. The van der Waals surface area contributed by atoms with Crippen molar-refractivity contribution in [1.82, 2.24) is 47.1 Å². The maximum atomic E-state index is 14.5. The molecule has 11 N–H and O–H groups in total. The first-order valence-electron chi connectivity index (χ1n) is 20.3. The van der Waals surface area contributed by atoms with Crippen LogP contribution in [0.5, 0.6) is 5.75 Å². The number of hydrogen-bond donors (Lipinski definition) is 10. The zero-order chi connectivity index (χ0) is 44.7. The summed E-state index contributed by atoms with van der Waals surface area (Å²) in [5.41, 5.74) is 5.97. The second-order valence-electron chi connectivity index (χ2n) is 15.7. The first-order chi connectivity index (χ1) is 28.9. The van der Waals surface area contributed by atoms with Crippen LogP contribution in [-0.2, 0) is 60.4 Å². The van der Waals surface area contributed by atoms with Crippen molar-refractivity contribution in [1.29, 1.82) is 0 Å². The number of phenols is 1. The smallest absolute Gasteiger partial charge is 0.246 e. The minimum absolute atomic E-state index is 0.0400. The Bertz CT molecular complexity index is 2110. The molecule has 61 heavy (non-hydrogen) atoms. The normalized spacial score (nSPS) is 27.5. The molecule has 22 heteroatoms. The molecule has 3 aliphatic heterocycles. The van der Waals surface area contributed by atoms with Crippen molar-refractivity contribution >= 4 is 74.9 Å². The van der Waals surface area contributed by atoms with E-state index >= 15 is 0 Å². The van der Waals surface area contributed by atoms with E-state index in [1.54, 1.807) is 27.7 Å². The molecule has 5 rings (SSSR count). The first kappa shape index (κ1) is 46.0. The molecule has 9 atom stereocenters. The minimum Gasteiger partial charge on any atom is -0.508 e. The molecule has 2 unspecified atom stereocenters. The van der Waals surface area contributed by atoms with Crippen LogP contribution in [-0.4, -0.2) is 134 Å². The van der Waals surface area contributed by atoms with Gasteiger partial charge in [-0.1, -0.05) is 40.5 Å². The fourth-order valence-corrected chi connectivity index (χ4v) is 8.97. The largest absolute Gasteiger partial charge is 0.508 e. The average Bonchev–Trinajstić information content (AvgIpc) is 3.85. The predicted octanol–water partition coefficient (Wildman–Crippen LogP) is -2.83. The number of amides is 9. The summed E-state index contributed by atoms with van der Waals surface area (Å²) in [6.45, 7) is 5.63. The molecular weight excluding hydrogens is 817 g/mol. The number of phenolic OH excluding ortho intramolecular Hbond substituents is 1. The minimum atomic E-state index is -2.28. The van der Waals surface area contributed by atoms with Crippen LogP contribution >= 0.6 is 0 Å². The molecule has 1 saturated heterocycles. The highest BCUT2D eigenvalue weighted by atomic mass is 32.2. The van der Waals surface area contributed by atoms with E-state index in [9.17, 15) is 52.5 Å². The number of H-pyrrole nitrogens is 1. The third kappa shape index (κ3) is 11.0. The van der Waals surface area contributed by atoms with Crippen molar-refractivity contribution in [3.05, 3.63) is 23.8 Å². The second kappa shape index (κ2) is 20.0. The van der Waals surface area contributed by atoms with Gasteiger partial charge < -0.3 is 57.9 Å². The van der Waals surface area contributed by atoms with Gasteiger partial charge in [0.2, 0.25) is 53.2 Å². The van der Waals surface area contributed by atoms with Gasteiger partial charge in [0.15, 0.2) is 0 Å². The quantitative estimate of drug-likeness (QED) is 0.141. The number of nitrogens with two attached hydrogens (primary N) is 1. The molecule has 0 radical (unpaired) electrons. The molecule has 0 spiro atoms. The lowest BCUT2D eigenvalue weighted by molar-refractivity contribution is -0.143. The summed E-state index contributed by atoms with van der Waals surface area (Å²) in [7, 11) is -2.28. The van der Waals surface area contributed by atoms with Crippen LogP contribution < -0.4 is 43.0 Å². The van der Waals surface area contributed by atoms with Crippen molar-refractivity contribution in [2.24, 2.45) is 17.6 Å². The van der Waals surface area contributed by atoms with Gasteiger partial charge in [-0.15, -0.1) is 0 Å². The van der Waals surface area contributed by atoms with Crippen LogP contribution in [0.15, 0.2) is 23.2 Å². The Hall–Kier alpha value is -6.06. The summed E-state index contributed by atoms with van der Waals surface area (Å²) in [6.07, 6.45) is 0.223.